The summed E-state index contributed by atoms with van der Waals surface area (Å²) in [6.07, 6.45) is 1.12. The summed E-state index contributed by atoms with van der Waals surface area (Å²) >= 11 is 0. The average molecular weight is 510 g/mol. The highest BCUT2D eigenvalue weighted by atomic mass is 16.5. The Balaban J connectivity index is 1.72. The van der Waals surface area contributed by atoms with Gasteiger partial charge in [-0.3, -0.25) is 0 Å². The van der Waals surface area contributed by atoms with Crippen LogP contribution in [0.5, 0.6) is 17.2 Å². The maximum atomic E-state index is 10.5. The van der Waals surface area contributed by atoms with Crippen molar-refractivity contribution in [2.75, 3.05) is 44.4 Å². The number of rotatable bonds is 14. The predicted octanol–water partition coefficient (Wildman–Crippen LogP) is 4.87. The van der Waals surface area contributed by atoms with Gasteiger partial charge >= 0.3 is 0 Å². The quantitative estimate of drug-likeness (QED) is 0.194. The molecule has 3 rings (SSSR count). The molecule has 0 fully saturated rings. The van der Waals surface area contributed by atoms with Crippen LogP contribution in [0.1, 0.15) is 12.8 Å². The predicted molar refractivity (Wildman–Crippen MR) is 139 cm³/mol. The topological polar surface area (TPSA) is 163 Å². The molecule has 3 aromatic rings. The number of phenols is 2. The number of aliphatic hydroxyl groups is 3. The van der Waals surface area contributed by atoms with Crippen molar-refractivity contribution >= 4 is 28.4 Å². The molecule has 0 unspecified atom stereocenters. The molecular weight excluding hydrogens is 478 g/mol. The molecule has 0 saturated heterocycles. The zero-order valence-corrected chi connectivity index (χ0v) is 20.3. The first-order valence-corrected chi connectivity index (χ1v) is 11.8. The smallest absolute Gasteiger partial charge is 0.145 e. The first kappa shape index (κ1) is 27.5. The molecule has 5 N–H and O–H groups in total. The van der Waals surface area contributed by atoms with Crippen molar-refractivity contribution in [3.8, 4) is 17.2 Å². The number of hydrogen-bond acceptors (Lipinski definition) is 11. The maximum Gasteiger partial charge on any atom is 0.145 e. The van der Waals surface area contributed by atoms with Crippen LogP contribution in [0.15, 0.2) is 81.1 Å². The fraction of sp³-hybridized carbons (Fsp3) is 0.308. The number of azo groups is 2. The van der Waals surface area contributed by atoms with Crippen molar-refractivity contribution in [3.05, 3.63) is 60.7 Å². The van der Waals surface area contributed by atoms with Crippen LogP contribution in [0, 0.1) is 0 Å². The number of anilines is 1. The maximum absolute atomic E-state index is 10.5. The Kier molecular flexibility index (Phi) is 10.8. The van der Waals surface area contributed by atoms with E-state index in [0.29, 0.717) is 43.1 Å². The van der Waals surface area contributed by atoms with Gasteiger partial charge in [0.2, 0.25) is 0 Å². The molecular formula is C26H31N5O6. The number of aromatic hydroxyl groups is 2. The van der Waals surface area contributed by atoms with Gasteiger partial charge in [0.25, 0.3) is 0 Å². The minimum absolute atomic E-state index is 0.0443. The molecule has 0 atom stereocenters. The van der Waals surface area contributed by atoms with Gasteiger partial charge in [-0.05, 0) is 67.4 Å². The highest BCUT2D eigenvalue weighted by Crippen LogP contribution is 2.36. The van der Waals surface area contributed by atoms with Gasteiger partial charge in [0.15, 0.2) is 0 Å². The summed E-state index contributed by atoms with van der Waals surface area (Å²) in [7, 11) is 0. The van der Waals surface area contributed by atoms with E-state index in [9.17, 15) is 10.2 Å². The normalized spacial score (nSPS) is 11.4. The van der Waals surface area contributed by atoms with Crippen molar-refractivity contribution < 1.29 is 30.3 Å². The summed E-state index contributed by atoms with van der Waals surface area (Å²) in [6, 6.07) is 16.3. The highest BCUT2D eigenvalue weighted by Gasteiger charge is 2.10. The van der Waals surface area contributed by atoms with Crippen LogP contribution in [0.4, 0.5) is 28.4 Å². The minimum atomic E-state index is -0.108. The summed E-state index contributed by atoms with van der Waals surface area (Å²) in [5.74, 6) is 0.406. The molecule has 0 aliphatic heterocycles. The number of nitrogens with zero attached hydrogens (tertiary/aromatic N) is 5. The summed E-state index contributed by atoms with van der Waals surface area (Å²) in [5.41, 5.74) is 2.12. The Morgan fingerprint density at radius 1 is 0.622 bits per heavy atom. The van der Waals surface area contributed by atoms with Crippen LogP contribution in [-0.4, -0.2) is 65.0 Å². The zero-order chi connectivity index (χ0) is 26.5. The van der Waals surface area contributed by atoms with Crippen molar-refractivity contribution in [1.29, 1.82) is 0 Å². The van der Waals surface area contributed by atoms with E-state index in [1.54, 1.807) is 48.5 Å². The summed E-state index contributed by atoms with van der Waals surface area (Å²) in [6.45, 7) is 1.39. The molecule has 0 bridgehead atoms. The van der Waals surface area contributed by atoms with Crippen molar-refractivity contribution in [3.63, 3.8) is 0 Å². The van der Waals surface area contributed by atoms with E-state index in [-0.39, 0.29) is 49.3 Å². The monoisotopic (exact) mass is 509 g/mol. The van der Waals surface area contributed by atoms with E-state index >= 15 is 0 Å². The van der Waals surface area contributed by atoms with Gasteiger partial charge in [0.1, 0.15) is 35.2 Å². The summed E-state index contributed by atoms with van der Waals surface area (Å²) in [4.78, 5) is 1.96. The largest absolute Gasteiger partial charge is 0.506 e. The van der Waals surface area contributed by atoms with E-state index in [1.807, 2.05) is 4.90 Å². The van der Waals surface area contributed by atoms with Crippen LogP contribution >= 0.6 is 0 Å². The van der Waals surface area contributed by atoms with Crippen molar-refractivity contribution in [1.82, 2.24) is 0 Å². The molecule has 0 heterocycles. The highest BCUT2D eigenvalue weighted by molar-refractivity contribution is 5.62. The number of ether oxygens (including phenoxy) is 1. The molecule has 0 spiro atoms. The van der Waals surface area contributed by atoms with E-state index in [1.165, 1.54) is 12.1 Å². The lowest BCUT2D eigenvalue weighted by Gasteiger charge is -2.24. The third-order valence-electron chi connectivity index (χ3n) is 5.20. The first-order valence-electron chi connectivity index (χ1n) is 11.8. The van der Waals surface area contributed by atoms with Gasteiger partial charge in [-0.25, -0.2) is 0 Å². The molecule has 0 amide bonds. The van der Waals surface area contributed by atoms with Crippen LogP contribution in [-0.2, 0) is 0 Å². The number of phenolic OH excluding ortho intramolecular Hbond substituents is 2. The number of aliphatic hydroxyl groups excluding tert-OH is 3. The summed E-state index contributed by atoms with van der Waals surface area (Å²) < 4.78 is 5.31. The Labute approximate surface area is 214 Å². The van der Waals surface area contributed by atoms with Crippen LogP contribution in [0.2, 0.25) is 0 Å². The van der Waals surface area contributed by atoms with Gasteiger partial charge in [-0.1, -0.05) is 0 Å². The molecule has 37 heavy (non-hydrogen) atoms. The molecule has 11 heteroatoms. The van der Waals surface area contributed by atoms with Crippen LogP contribution < -0.4 is 9.64 Å². The Hall–Kier alpha value is -4.06. The van der Waals surface area contributed by atoms with Gasteiger partial charge in [0.05, 0.1) is 18.0 Å². The second-order valence-electron chi connectivity index (χ2n) is 7.95. The van der Waals surface area contributed by atoms with E-state index in [0.717, 1.165) is 5.69 Å². The molecule has 0 aliphatic carbocycles. The second-order valence-corrected chi connectivity index (χ2v) is 7.95. The van der Waals surface area contributed by atoms with Gasteiger partial charge in [-0.2, -0.15) is 10.2 Å². The fourth-order valence-corrected chi connectivity index (χ4v) is 3.34. The molecule has 0 aromatic heterocycles. The van der Waals surface area contributed by atoms with Gasteiger partial charge < -0.3 is 35.2 Å². The van der Waals surface area contributed by atoms with Gasteiger partial charge in [0, 0.05) is 38.1 Å². The first-order chi connectivity index (χ1) is 18.0. The standard InChI is InChI=1S/C26H31N5O6/c32-13-1-11-31(12-2-14-33)21-6-9-23(26(36)18-21)29-30-24-17-20(5-10-25(24)35)28-27-19-3-7-22(8-4-19)37-16-15-34/h3-10,17-18,32-36H,1-2,11-16H2. The average Bonchev–Trinajstić information content (AvgIpc) is 2.92. The Morgan fingerprint density at radius 2 is 1.27 bits per heavy atom. The molecule has 0 aliphatic rings. The summed E-state index contributed by atoms with van der Waals surface area (Å²) in [5, 5.41) is 64.2. The lowest BCUT2D eigenvalue weighted by Crippen LogP contribution is -2.26. The van der Waals surface area contributed by atoms with Gasteiger partial charge in [-0.15, -0.1) is 10.2 Å². The second kappa shape index (κ2) is 14.5. The molecule has 3 aromatic carbocycles. The molecule has 11 nitrogen and oxygen atoms in total. The van der Waals surface area contributed by atoms with E-state index < -0.39 is 0 Å². The third-order valence-corrected chi connectivity index (χ3v) is 5.20. The number of hydrogen-bond donors (Lipinski definition) is 5. The van der Waals surface area contributed by atoms with Crippen molar-refractivity contribution in [2.24, 2.45) is 20.5 Å². The van der Waals surface area contributed by atoms with Crippen molar-refractivity contribution in [2.45, 2.75) is 12.8 Å². The van der Waals surface area contributed by atoms with E-state index in [4.69, 9.17) is 20.1 Å². The lowest BCUT2D eigenvalue weighted by atomic mass is 10.2. The third kappa shape index (κ3) is 8.53. The molecule has 0 radical (unpaired) electrons. The zero-order valence-electron chi connectivity index (χ0n) is 20.3. The van der Waals surface area contributed by atoms with Crippen LogP contribution in [0.3, 0.4) is 0 Å². The van der Waals surface area contributed by atoms with E-state index in [2.05, 4.69) is 20.5 Å². The molecule has 0 saturated carbocycles. The Morgan fingerprint density at radius 3 is 1.92 bits per heavy atom. The number of benzene rings is 3. The fourth-order valence-electron chi connectivity index (χ4n) is 3.34. The minimum Gasteiger partial charge on any atom is -0.506 e. The Bertz CT molecular complexity index is 1180. The van der Waals surface area contributed by atoms with Crippen LogP contribution in [0.25, 0.3) is 0 Å². The SMILES string of the molecule is OCCCN(CCCO)c1ccc(N=Nc2cc(N=Nc3ccc(OCCO)cc3)ccc2O)c(O)c1. The lowest BCUT2D eigenvalue weighted by molar-refractivity contribution is 0.201. The molecule has 196 valence electrons.